The summed E-state index contributed by atoms with van der Waals surface area (Å²) in [6.07, 6.45) is 0.112. The molecule has 1 aromatic carbocycles. The molecule has 1 fully saturated rings. The van der Waals surface area contributed by atoms with Gasteiger partial charge in [-0.2, -0.15) is 0 Å². The van der Waals surface area contributed by atoms with Crippen LogP contribution in [0.25, 0.3) is 11.0 Å². The Bertz CT molecular complexity index is 732. The Morgan fingerprint density at radius 2 is 2.00 bits per heavy atom. The molecule has 110 valence electrons. The zero-order valence-electron chi connectivity index (χ0n) is 11.5. The Morgan fingerprint density at radius 1 is 1.24 bits per heavy atom. The number of fused-ring (bicyclic) bond motifs is 1. The lowest BCUT2D eigenvalue weighted by atomic mass is 10.1. The minimum atomic E-state index is -0.427. The van der Waals surface area contributed by atoms with Crippen molar-refractivity contribution in [3.8, 4) is 0 Å². The second-order valence-corrected chi connectivity index (χ2v) is 5.02. The summed E-state index contributed by atoms with van der Waals surface area (Å²) in [5, 5.41) is 0.464. The van der Waals surface area contributed by atoms with Crippen LogP contribution in [0.15, 0.2) is 33.5 Å². The predicted molar refractivity (Wildman–Crippen MR) is 78.4 cm³/mol. The Kier molecular flexibility index (Phi) is 3.62. The second-order valence-electron chi connectivity index (χ2n) is 5.02. The molecule has 2 aromatic rings. The first-order chi connectivity index (χ1) is 10.1. The van der Waals surface area contributed by atoms with Gasteiger partial charge >= 0.3 is 0 Å². The first kappa shape index (κ1) is 13.6. The molecule has 0 bridgehead atoms. The number of ether oxygens (including phenoxy) is 1. The van der Waals surface area contributed by atoms with E-state index in [2.05, 4.69) is 0 Å². The van der Waals surface area contributed by atoms with E-state index in [9.17, 15) is 9.59 Å². The summed E-state index contributed by atoms with van der Waals surface area (Å²) in [4.78, 5) is 25.2. The summed E-state index contributed by atoms with van der Waals surface area (Å²) < 4.78 is 11.1. The number of hydrogen-bond acceptors (Lipinski definition) is 5. The molecule has 0 saturated carbocycles. The zero-order valence-corrected chi connectivity index (χ0v) is 11.5. The van der Waals surface area contributed by atoms with Crippen LogP contribution in [-0.4, -0.2) is 32.2 Å². The fourth-order valence-corrected chi connectivity index (χ4v) is 2.44. The Balaban J connectivity index is 2.00. The molecule has 0 radical (unpaired) electrons. The second kappa shape index (κ2) is 5.57. The van der Waals surface area contributed by atoms with E-state index in [0.29, 0.717) is 48.7 Å². The predicted octanol–water partition coefficient (Wildman–Crippen LogP) is 0.657. The number of carbonyl (C=O) groups excluding carboxylic acids is 1. The molecular formula is C15H16N2O4. The van der Waals surface area contributed by atoms with E-state index in [1.54, 1.807) is 18.2 Å². The summed E-state index contributed by atoms with van der Waals surface area (Å²) in [5.41, 5.74) is 6.27. The third kappa shape index (κ3) is 2.90. The van der Waals surface area contributed by atoms with Gasteiger partial charge in [0.05, 0.1) is 25.0 Å². The van der Waals surface area contributed by atoms with E-state index < -0.39 is 5.91 Å². The van der Waals surface area contributed by atoms with Crippen LogP contribution in [0.3, 0.4) is 0 Å². The van der Waals surface area contributed by atoms with Crippen LogP contribution < -0.4 is 16.1 Å². The van der Waals surface area contributed by atoms with Crippen LogP contribution in [0.1, 0.15) is 5.56 Å². The van der Waals surface area contributed by atoms with Crippen molar-refractivity contribution < 1.29 is 13.9 Å². The molecule has 1 aliphatic heterocycles. The number of anilines is 1. The lowest BCUT2D eigenvalue weighted by Crippen LogP contribution is -2.36. The van der Waals surface area contributed by atoms with Gasteiger partial charge < -0.3 is 19.8 Å². The first-order valence-corrected chi connectivity index (χ1v) is 6.81. The fourth-order valence-electron chi connectivity index (χ4n) is 2.44. The Labute approximate surface area is 121 Å². The van der Waals surface area contributed by atoms with Gasteiger partial charge in [-0.3, -0.25) is 9.59 Å². The van der Waals surface area contributed by atoms with E-state index in [-0.39, 0.29) is 11.8 Å². The normalized spacial score (nSPS) is 15.3. The summed E-state index contributed by atoms with van der Waals surface area (Å²) in [6.45, 7) is 2.65. The third-order valence-electron chi connectivity index (χ3n) is 3.48. The van der Waals surface area contributed by atoms with Gasteiger partial charge in [0.1, 0.15) is 5.58 Å². The molecule has 0 aliphatic carbocycles. The number of nitrogens with two attached hydrogens (primary N) is 1. The third-order valence-corrected chi connectivity index (χ3v) is 3.48. The minimum Gasteiger partial charge on any atom is -0.440 e. The van der Waals surface area contributed by atoms with Gasteiger partial charge in [0.15, 0.2) is 11.3 Å². The maximum Gasteiger partial charge on any atom is 0.221 e. The van der Waals surface area contributed by atoms with Crippen molar-refractivity contribution in [3.63, 3.8) is 0 Å². The Morgan fingerprint density at radius 3 is 2.71 bits per heavy atom. The maximum atomic E-state index is 12.2. The van der Waals surface area contributed by atoms with E-state index in [0.717, 1.165) is 0 Å². The fraction of sp³-hybridized carbons (Fsp3) is 0.333. The van der Waals surface area contributed by atoms with Gasteiger partial charge in [-0.05, 0) is 17.7 Å². The molecule has 1 aliphatic rings. The van der Waals surface area contributed by atoms with Gasteiger partial charge in [0.25, 0.3) is 0 Å². The molecule has 0 unspecified atom stereocenters. The molecule has 3 rings (SSSR count). The van der Waals surface area contributed by atoms with Gasteiger partial charge in [-0.15, -0.1) is 0 Å². The summed E-state index contributed by atoms with van der Waals surface area (Å²) in [6, 6.07) is 6.61. The number of amides is 1. The molecule has 1 saturated heterocycles. The smallest absolute Gasteiger partial charge is 0.221 e. The molecule has 0 spiro atoms. The highest BCUT2D eigenvalue weighted by Crippen LogP contribution is 2.21. The van der Waals surface area contributed by atoms with Gasteiger partial charge in [-0.25, -0.2) is 0 Å². The number of primary amides is 1. The van der Waals surface area contributed by atoms with E-state index in [1.165, 1.54) is 6.07 Å². The standard InChI is InChI=1S/C15H16N2O4/c16-14(19)8-10-1-2-13-11(7-10)12(18)9-15(21-13)17-3-5-20-6-4-17/h1-2,7,9H,3-6,8H2,(H2,16,19). The summed E-state index contributed by atoms with van der Waals surface area (Å²) >= 11 is 0. The summed E-state index contributed by atoms with van der Waals surface area (Å²) in [5.74, 6) is 0.127. The number of benzene rings is 1. The average molecular weight is 288 g/mol. The zero-order chi connectivity index (χ0) is 14.8. The molecule has 1 amide bonds. The SMILES string of the molecule is NC(=O)Cc1ccc2oc(N3CCOCC3)cc(=O)c2c1. The lowest BCUT2D eigenvalue weighted by molar-refractivity contribution is -0.117. The molecular weight excluding hydrogens is 272 g/mol. The highest BCUT2D eigenvalue weighted by atomic mass is 16.5. The molecule has 2 heterocycles. The van der Waals surface area contributed by atoms with E-state index in [1.807, 2.05) is 4.90 Å². The number of rotatable bonds is 3. The van der Waals surface area contributed by atoms with E-state index in [4.69, 9.17) is 14.9 Å². The van der Waals surface area contributed by atoms with Crippen molar-refractivity contribution in [2.24, 2.45) is 5.73 Å². The van der Waals surface area contributed by atoms with Crippen molar-refractivity contribution in [1.82, 2.24) is 0 Å². The topological polar surface area (TPSA) is 85.8 Å². The van der Waals surface area contributed by atoms with Crippen LogP contribution in [0.5, 0.6) is 0 Å². The molecule has 2 N–H and O–H groups in total. The van der Waals surface area contributed by atoms with Gasteiger partial charge in [0.2, 0.25) is 5.91 Å². The molecule has 6 heteroatoms. The van der Waals surface area contributed by atoms with E-state index >= 15 is 0 Å². The first-order valence-electron chi connectivity index (χ1n) is 6.81. The highest BCUT2D eigenvalue weighted by Gasteiger charge is 2.15. The molecule has 1 aromatic heterocycles. The molecule has 0 atom stereocenters. The van der Waals surface area contributed by atoms with Crippen molar-refractivity contribution in [2.45, 2.75) is 6.42 Å². The largest absolute Gasteiger partial charge is 0.440 e. The van der Waals surface area contributed by atoms with Gasteiger partial charge in [-0.1, -0.05) is 6.07 Å². The highest BCUT2D eigenvalue weighted by molar-refractivity contribution is 5.82. The van der Waals surface area contributed by atoms with Crippen LogP contribution in [0.4, 0.5) is 5.88 Å². The van der Waals surface area contributed by atoms with Gasteiger partial charge in [0, 0.05) is 19.2 Å². The van der Waals surface area contributed by atoms with Crippen LogP contribution >= 0.6 is 0 Å². The van der Waals surface area contributed by atoms with Crippen molar-refractivity contribution in [1.29, 1.82) is 0 Å². The van der Waals surface area contributed by atoms with Crippen molar-refractivity contribution >= 4 is 22.8 Å². The Hall–Kier alpha value is -2.34. The number of morpholine rings is 1. The van der Waals surface area contributed by atoms with Crippen LogP contribution in [0, 0.1) is 0 Å². The maximum absolute atomic E-state index is 12.2. The number of nitrogens with zero attached hydrogens (tertiary/aromatic N) is 1. The van der Waals surface area contributed by atoms with Crippen molar-refractivity contribution in [3.05, 3.63) is 40.1 Å². The number of hydrogen-bond donors (Lipinski definition) is 1. The molecule has 6 nitrogen and oxygen atoms in total. The summed E-state index contributed by atoms with van der Waals surface area (Å²) in [7, 11) is 0. The van der Waals surface area contributed by atoms with Crippen LogP contribution in [0.2, 0.25) is 0 Å². The lowest BCUT2D eigenvalue weighted by Gasteiger charge is -2.27. The number of carbonyl (C=O) groups is 1. The van der Waals surface area contributed by atoms with Crippen LogP contribution in [-0.2, 0) is 16.0 Å². The minimum absolute atomic E-state index is 0.112. The molecule has 21 heavy (non-hydrogen) atoms. The van der Waals surface area contributed by atoms with Crippen molar-refractivity contribution in [2.75, 3.05) is 31.2 Å². The monoisotopic (exact) mass is 288 g/mol. The quantitative estimate of drug-likeness (QED) is 0.896. The average Bonchev–Trinajstić information content (AvgIpc) is 2.48.